The third-order valence-corrected chi connectivity index (χ3v) is 6.06. The van der Waals surface area contributed by atoms with E-state index in [0.29, 0.717) is 12.6 Å². The van der Waals surface area contributed by atoms with Crippen LogP contribution in [0.25, 0.3) is 0 Å². The molecule has 144 valence electrons. The number of likely N-dealkylation sites (tertiary alicyclic amines) is 1. The number of aromatic nitrogens is 2. The van der Waals surface area contributed by atoms with Crippen molar-refractivity contribution in [1.29, 1.82) is 0 Å². The summed E-state index contributed by atoms with van der Waals surface area (Å²) in [5, 5.41) is 0. The number of anilines is 1. The second-order valence-corrected chi connectivity index (χ2v) is 7.72. The maximum absolute atomic E-state index is 13.1. The van der Waals surface area contributed by atoms with Crippen molar-refractivity contribution in [3.63, 3.8) is 0 Å². The molecule has 2 aromatic rings. The lowest BCUT2D eigenvalue weighted by atomic mass is 10.1. The number of piperazine rings is 1. The number of hydrogen-bond acceptors (Lipinski definition) is 5. The molecule has 1 aromatic carbocycles. The largest absolute Gasteiger partial charge is 0.372 e. The van der Waals surface area contributed by atoms with Crippen LogP contribution in [0, 0.1) is 5.82 Å². The summed E-state index contributed by atoms with van der Waals surface area (Å²) in [6, 6.07) is 7.52. The maximum atomic E-state index is 13.1. The highest BCUT2D eigenvalue weighted by molar-refractivity contribution is 5.46. The molecule has 2 saturated heterocycles. The Morgan fingerprint density at radius 3 is 2.59 bits per heavy atom. The van der Waals surface area contributed by atoms with Gasteiger partial charge in [0.1, 0.15) is 18.2 Å². The first-order valence-electron chi connectivity index (χ1n) is 9.84. The smallest absolute Gasteiger partial charge is 0.135 e. The van der Waals surface area contributed by atoms with Crippen LogP contribution < -0.4 is 4.90 Å². The monoisotopic (exact) mass is 371 g/mol. The molecule has 6 nitrogen and oxygen atoms in total. The molecule has 0 spiro atoms. The highest BCUT2D eigenvalue weighted by Crippen LogP contribution is 2.23. The molecule has 3 aliphatic heterocycles. The number of fused-ring (bicyclic) bond motifs is 1. The summed E-state index contributed by atoms with van der Waals surface area (Å²) in [4.78, 5) is 12.0. The molecule has 0 radical (unpaired) electrons. The molecule has 0 aliphatic carbocycles. The Morgan fingerprint density at radius 2 is 1.81 bits per heavy atom. The normalized spacial score (nSPS) is 21.9. The fraction of sp³-hybridized carbons (Fsp3) is 0.550. The molecule has 5 rings (SSSR count). The number of ether oxygens (including phenoxy) is 1. The van der Waals surface area contributed by atoms with E-state index in [4.69, 9.17) is 4.74 Å². The lowest BCUT2D eigenvalue weighted by molar-refractivity contribution is 0.0228. The van der Waals surface area contributed by atoms with Gasteiger partial charge in [0.05, 0.1) is 12.3 Å². The predicted molar refractivity (Wildman–Crippen MR) is 101 cm³/mol. The van der Waals surface area contributed by atoms with Crippen LogP contribution >= 0.6 is 0 Å². The third kappa shape index (κ3) is 3.47. The first-order chi connectivity index (χ1) is 13.3. The summed E-state index contributed by atoms with van der Waals surface area (Å²) in [6.07, 6.45) is 2.01. The molecule has 0 amide bonds. The average molecular weight is 371 g/mol. The van der Waals surface area contributed by atoms with Gasteiger partial charge < -0.3 is 14.2 Å². The van der Waals surface area contributed by atoms with Crippen molar-refractivity contribution in [2.24, 2.45) is 0 Å². The molecule has 0 bridgehead atoms. The molecular formula is C20H26FN5O. The predicted octanol–water partition coefficient (Wildman–Crippen LogP) is 1.56. The summed E-state index contributed by atoms with van der Waals surface area (Å²) in [5.41, 5.74) is 2.44. The van der Waals surface area contributed by atoms with Gasteiger partial charge in [-0.3, -0.25) is 9.80 Å². The zero-order valence-corrected chi connectivity index (χ0v) is 15.6. The first kappa shape index (κ1) is 17.2. The number of halogens is 1. The molecule has 0 N–H and O–H groups in total. The van der Waals surface area contributed by atoms with E-state index in [1.54, 1.807) is 12.1 Å². The van der Waals surface area contributed by atoms with Crippen LogP contribution in [0.15, 0.2) is 30.5 Å². The standard InChI is InChI=1S/C20H26FN5O/c21-16-1-3-17(4-2-16)24-5-7-25(8-6-24)19-13-23(14-19)12-18-11-22-20-15-27-10-9-26(18)20/h1-4,11,19H,5-10,12-15H2. The Kier molecular flexibility index (Phi) is 4.59. The molecule has 0 atom stereocenters. The highest BCUT2D eigenvalue weighted by atomic mass is 19.1. The van der Waals surface area contributed by atoms with E-state index in [1.807, 2.05) is 18.3 Å². The molecule has 4 heterocycles. The van der Waals surface area contributed by atoms with Crippen molar-refractivity contribution in [1.82, 2.24) is 19.4 Å². The zero-order chi connectivity index (χ0) is 18.2. The van der Waals surface area contributed by atoms with Crippen LogP contribution in [-0.4, -0.2) is 71.3 Å². The van der Waals surface area contributed by atoms with Crippen molar-refractivity contribution in [3.05, 3.63) is 47.8 Å². The van der Waals surface area contributed by atoms with Crippen molar-refractivity contribution >= 4 is 5.69 Å². The molecule has 0 saturated carbocycles. The van der Waals surface area contributed by atoms with E-state index in [9.17, 15) is 4.39 Å². The van der Waals surface area contributed by atoms with Gasteiger partial charge in [0, 0.05) is 70.3 Å². The molecule has 0 unspecified atom stereocenters. The van der Waals surface area contributed by atoms with E-state index in [1.165, 1.54) is 5.69 Å². The van der Waals surface area contributed by atoms with Crippen molar-refractivity contribution < 1.29 is 9.13 Å². The number of benzene rings is 1. The topological polar surface area (TPSA) is 36.8 Å². The minimum absolute atomic E-state index is 0.168. The number of rotatable bonds is 4. The quantitative estimate of drug-likeness (QED) is 0.815. The Bertz CT molecular complexity index is 778. The minimum Gasteiger partial charge on any atom is -0.372 e. The fourth-order valence-electron chi connectivity index (χ4n) is 4.42. The van der Waals surface area contributed by atoms with Gasteiger partial charge >= 0.3 is 0 Å². The van der Waals surface area contributed by atoms with E-state index in [-0.39, 0.29) is 5.82 Å². The van der Waals surface area contributed by atoms with Gasteiger partial charge in [0.15, 0.2) is 0 Å². The maximum Gasteiger partial charge on any atom is 0.135 e. The molecule has 27 heavy (non-hydrogen) atoms. The summed E-state index contributed by atoms with van der Waals surface area (Å²) >= 11 is 0. The van der Waals surface area contributed by atoms with Gasteiger partial charge in [-0.2, -0.15) is 0 Å². The molecule has 2 fully saturated rings. The molecular weight excluding hydrogens is 345 g/mol. The van der Waals surface area contributed by atoms with Crippen LogP contribution in [0.4, 0.5) is 10.1 Å². The van der Waals surface area contributed by atoms with Crippen molar-refractivity contribution in [3.8, 4) is 0 Å². The van der Waals surface area contributed by atoms with Gasteiger partial charge in [0.25, 0.3) is 0 Å². The van der Waals surface area contributed by atoms with Crippen LogP contribution in [-0.2, 0) is 24.4 Å². The summed E-state index contributed by atoms with van der Waals surface area (Å²) < 4.78 is 20.9. The van der Waals surface area contributed by atoms with Crippen LogP contribution in [0.3, 0.4) is 0 Å². The van der Waals surface area contributed by atoms with Gasteiger partial charge in [0.2, 0.25) is 0 Å². The number of imidazole rings is 1. The van der Waals surface area contributed by atoms with Gasteiger partial charge in [-0.1, -0.05) is 0 Å². The minimum atomic E-state index is -0.168. The summed E-state index contributed by atoms with van der Waals surface area (Å²) in [6.45, 7) is 9.78. The Labute approximate surface area is 159 Å². The van der Waals surface area contributed by atoms with Crippen molar-refractivity contribution in [2.45, 2.75) is 25.7 Å². The van der Waals surface area contributed by atoms with E-state index < -0.39 is 0 Å². The molecule has 1 aromatic heterocycles. The Hall–Kier alpha value is -1.96. The Morgan fingerprint density at radius 1 is 1.04 bits per heavy atom. The lowest BCUT2D eigenvalue weighted by Crippen LogP contribution is -2.62. The third-order valence-electron chi connectivity index (χ3n) is 6.06. The SMILES string of the molecule is Fc1ccc(N2CCN(C3CN(Cc4cnc5n4CCOC5)C3)CC2)cc1. The van der Waals surface area contributed by atoms with Gasteiger partial charge in [-0.25, -0.2) is 9.37 Å². The zero-order valence-electron chi connectivity index (χ0n) is 15.6. The van der Waals surface area contributed by atoms with Crippen LogP contribution in [0.1, 0.15) is 11.5 Å². The number of hydrogen-bond donors (Lipinski definition) is 0. The summed E-state index contributed by atoms with van der Waals surface area (Å²) in [7, 11) is 0. The fourth-order valence-corrected chi connectivity index (χ4v) is 4.42. The van der Waals surface area contributed by atoms with E-state index in [2.05, 4.69) is 24.3 Å². The first-order valence-corrected chi connectivity index (χ1v) is 9.84. The van der Waals surface area contributed by atoms with E-state index >= 15 is 0 Å². The van der Waals surface area contributed by atoms with E-state index in [0.717, 1.165) is 70.5 Å². The van der Waals surface area contributed by atoms with Crippen molar-refractivity contribution in [2.75, 3.05) is 50.8 Å². The molecule has 3 aliphatic rings. The second kappa shape index (κ2) is 7.22. The van der Waals surface area contributed by atoms with Crippen LogP contribution in [0.2, 0.25) is 0 Å². The van der Waals surface area contributed by atoms with Crippen LogP contribution in [0.5, 0.6) is 0 Å². The molecule has 7 heteroatoms. The van der Waals surface area contributed by atoms with Gasteiger partial charge in [-0.15, -0.1) is 0 Å². The number of nitrogens with zero attached hydrogens (tertiary/aromatic N) is 5. The lowest BCUT2D eigenvalue weighted by Gasteiger charge is -2.48. The average Bonchev–Trinajstić information content (AvgIpc) is 3.08. The Balaban J connectivity index is 1.10. The highest BCUT2D eigenvalue weighted by Gasteiger charge is 2.34. The second-order valence-electron chi connectivity index (χ2n) is 7.72. The van der Waals surface area contributed by atoms with Gasteiger partial charge in [-0.05, 0) is 24.3 Å². The summed E-state index contributed by atoms with van der Waals surface area (Å²) in [5.74, 6) is 0.893.